The quantitative estimate of drug-likeness (QED) is 0.755. The van der Waals surface area contributed by atoms with Gasteiger partial charge in [0.05, 0.1) is 6.04 Å². The Morgan fingerprint density at radius 2 is 2.19 bits per heavy atom. The van der Waals surface area contributed by atoms with Crippen molar-refractivity contribution < 1.29 is 14.4 Å². The number of amides is 4. The van der Waals surface area contributed by atoms with Crippen LogP contribution >= 0.6 is 0 Å². The van der Waals surface area contributed by atoms with Gasteiger partial charge in [-0.15, -0.1) is 0 Å². The van der Waals surface area contributed by atoms with Crippen molar-refractivity contribution in [1.29, 1.82) is 0 Å². The summed E-state index contributed by atoms with van der Waals surface area (Å²) in [5, 5.41) is 6.07. The number of nitrogens with zero attached hydrogens (tertiary/aromatic N) is 3. The van der Waals surface area contributed by atoms with E-state index in [9.17, 15) is 14.4 Å². The van der Waals surface area contributed by atoms with Gasteiger partial charge in [0.1, 0.15) is 12.1 Å². The van der Waals surface area contributed by atoms with E-state index in [1.165, 1.54) is 0 Å². The second-order valence-electron chi connectivity index (χ2n) is 7.39. The molecule has 4 rings (SSSR count). The summed E-state index contributed by atoms with van der Waals surface area (Å²) in [6, 6.07) is 3.15. The van der Waals surface area contributed by atoms with Gasteiger partial charge in [-0.05, 0) is 37.3 Å². The first-order valence-corrected chi connectivity index (χ1v) is 9.05. The van der Waals surface area contributed by atoms with E-state index in [1.54, 1.807) is 24.2 Å². The van der Waals surface area contributed by atoms with Crippen LogP contribution in [0.1, 0.15) is 31.4 Å². The number of rotatable bonds is 4. The third-order valence-electron chi connectivity index (χ3n) is 5.62. The number of aromatic nitrogens is 1. The summed E-state index contributed by atoms with van der Waals surface area (Å²) in [7, 11) is 0. The molecule has 3 aliphatic rings. The predicted octanol–water partition coefficient (Wildman–Crippen LogP) is 0.275. The van der Waals surface area contributed by atoms with E-state index in [2.05, 4.69) is 15.6 Å². The minimum Gasteiger partial charge on any atom is -0.331 e. The van der Waals surface area contributed by atoms with Gasteiger partial charge >= 0.3 is 6.03 Å². The van der Waals surface area contributed by atoms with Crippen LogP contribution in [0.25, 0.3) is 0 Å². The molecule has 0 spiro atoms. The molecule has 2 unspecified atom stereocenters. The van der Waals surface area contributed by atoms with E-state index in [0.717, 1.165) is 23.3 Å². The summed E-state index contributed by atoms with van der Waals surface area (Å²) in [4.78, 5) is 44.9. The Morgan fingerprint density at radius 1 is 1.38 bits per heavy atom. The maximum absolute atomic E-state index is 12.9. The number of imide groups is 1. The highest BCUT2D eigenvalue weighted by Crippen LogP contribution is 2.42. The number of hydrogen-bond donors (Lipinski definition) is 2. The summed E-state index contributed by atoms with van der Waals surface area (Å²) in [5.74, 6) is -0.323. The lowest BCUT2D eigenvalue weighted by molar-refractivity contribution is -0.141. The second kappa shape index (κ2) is 6.35. The van der Waals surface area contributed by atoms with Gasteiger partial charge in [0.2, 0.25) is 5.91 Å². The highest BCUT2D eigenvalue weighted by Gasteiger charge is 2.56. The van der Waals surface area contributed by atoms with Crippen LogP contribution in [0.15, 0.2) is 24.5 Å². The number of carbonyl (C=O) groups is 3. The zero-order chi connectivity index (χ0) is 18.3. The van der Waals surface area contributed by atoms with Crippen LogP contribution in [-0.2, 0) is 9.59 Å². The SMILES string of the molecule is CC1(C2CC2)NC(=O)N(CC(=O)N2CCNCC2c2cccnc2)C1=O. The smallest absolute Gasteiger partial charge is 0.325 e. The molecule has 138 valence electrons. The molecule has 8 nitrogen and oxygen atoms in total. The van der Waals surface area contributed by atoms with Gasteiger partial charge in [0.15, 0.2) is 0 Å². The lowest BCUT2D eigenvalue weighted by atomic mass is 9.96. The molecule has 1 aromatic rings. The van der Waals surface area contributed by atoms with Crippen molar-refractivity contribution in [3.8, 4) is 0 Å². The van der Waals surface area contributed by atoms with Crippen LogP contribution in [0.4, 0.5) is 4.79 Å². The zero-order valence-corrected chi connectivity index (χ0v) is 14.8. The highest BCUT2D eigenvalue weighted by molar-refractivity contribution is 6.09. The monoisotopic (exact) mass is 357 g/mol. The number of pyridine rings is 1. The first-order chi connectivity index (χ1) is 12.5. The Balaban J connectivity index is 1.50. The van der Waals surface area contributed by atoms with Gasteiger partial charge in [0, 0.05) is 32.0 Å². The second-order valence-corrected chi connectivity index (χ2v) is 7.39. The van der Waals surface area contributed by atoms with E-state index in [-0.39, 0.29) is 30.3 Å². The average molecular weight is 357 g/mol. The van der Waals surface area contributed by atoms with Crippen molar-refractivity contribution in [2.45, 2.75) is 31.3 Å². The maximum Gasteiger partial charge on any atom is 0.325 e. The minimum absolute atomic E-state index is 0.152. The van der Waals surface area contributed by atoms with Crippen LogP contribution in [0, 0.1) is 5.92 Å². The molecule has 0 aromatic carbocycles. The fraction of sp³-hybridized carbons (Fsp3) is 0.556. The Morgan fingerprint density at radius 3 is 2.88 bits per heavy atom. The highest BCUT2D eigenvalue weighted by atomic mass is 16.2. The first-order valence-electron chi connectivity index (χ1n) is 9.05. The minimum atomic E-state index is -0.858. The third kappa shape index (κ3) is 2.84. The Labute approximate surface area is 151 Å². The van der Waals surface area contributed by atoms with Crippen LogP contribution in [0.2, 0.25) is 0 Å². The maximum atomic E-state index is 12.9. The molecular weight excluding hydrogens is 334 g/mol. The molecule has 4 amide bonds. The van der Waals surface area contributed by atoms with E-state index >= 15 is 0 Å². The van der Waals surface area contributed by atoms with Crippen molar-refractivity contribution in [2.24, 2.45) is 5.92 Å². The molecule has 1 aromatic heterocycles. The molecule has 0 bridgehead atoms. The fourth-order valence-electron chi connectivity index (χ4n) is 3.90. The van der Waals surface area contributed by atoms with E-state index < -0.39 is 11.6 Å². The molecule has 3 fully saturated rings. The van der Waals surface area contributed by atoms with Crippen molar-refractivity contribution in [2.75, 3.05) is 26.2 Å². The lowest BCUT2D eigenvalue weighted by Crippen LogP contribution is -2.52. The molecule has 0 radical (unpaired) electrons. The van der Waals surface area contributed by atoms with E-state index in [4.69, 9.17) is 0 Å². The molecule has 26 heavy (non-hydrogen) atoms. The standard InChI is InChI=1S/C18H23N5O3/c1-18(13-4-5-13)16(25)23(17(26)21-18)11-15(24)22-8-7-20-10-14(22)12-3-2-6-19-9-12/h2-3,6,9,13-14,20H,4-5,7-8,10-11H2,1H3,(H,21,26). The van der Waals surface area contributed by atoms with Gasteiger partial charge in [-0.25, -0.2) is 4.79 Å². The molecule has 1 saturated carbocycles. The molecular formula is C18H23N5O3. The lowest BCUT2D eigenvalue weighted by Gasteiger charge is -2.37. The number of nitrogens with one attached hydrogen (secondary N) is 2. The largest absolute Gasteiger partial charge is 0.331 e. The summed E-state index contributed by atoms with van der Waals surface area (Å²) < 4.78 is 0. The Bertz CT molecular complexity index is 736. The third-order valence-corrected chi connectivity index (χ3v) is 5.62. The van der Waals surface area contributed by atoms with Crippen molar-refractivity contribution in [3.05, 3.63) is 30.1 Å². The molecule has 8 heteroatoms. The zero-order valence-electron chi connectivity index (χ0n) is 14.8. The Kier molecular flexibility index (Phi) is 4.14. The number of carbonyl (C=O) groups excluding carboxylic acids is 3. The predicted molar refractivity (Wildman–Crippen MR) is 92.9 cm³/mol. The van der Waals surface area contributed by atoms with Crippen molar-refractivity contribution >= 4 is 17.8 Å². The summed E-state index contributed by atoms with van der Waals surface area (Å²) >= 11 is 0. The number of urea groups is 1. The van der Waals surface area contributed by atoms with E-state index in [1.807, 2.05) is 12.1 Å². The average Bonchev–Trinajstić information content (AvgIpc) is 3.48. The van der Waals surface area contributed by atoms with Gasteiger partial charge in [0.25, 0.3) is 5.91 Å². The van der Waals surface area contributed by atoms with Gasteiger partial charge in [-0.2, -0.15) is 0 Å². The van der Waals surface area contributed by atoms with Crippen LogP contribution in [-0.4, -0.2) is 64.3 Å². The van der Waals surface area contributed by atoms with Crippen LogP contribution in [0.3, 0.4) is 0 Å². The molecule has 3 heterocycles. The molecule has 2 N–H and O–H groups in total. The number of piperazine rings is 1. The Hall–Kier alpha value is -2.48. The van der Waals surface area contributed by atoms with Gasteiger partial charge in [-0.3, -0.25) is 19.5 Å². The fourth-order valence-corrected chi connectivity index (χ4v) is 3.90. The molecule has 1 aliphatic carbocycles. The summed E-state index contributed by atoms with van der Waals surface area (Å²) in [5.41, 5.74) is 0.0805. The molecule has 2 aliphatic heterocycles. The summed E-state index contributed by atoms with van der Waals surface area (Å²) in [6.45, 7) is 3.38. The van der Waals surface area contributed by atoms with Crippen LogP contribution < -0.4 is 10.6 Å². The van der Waals surface area contributed by atoms with Crippen molar-refractivity contribution in [3.63, 3.8) is 0 Å². The van der Waals surface area contributed by atoms with Gasteiger partial charge < -0.3 is 15.5 Å². The molecule has 2 atom stereocenters. The van der Waals surface area contributed by atoms with Gasteiger partial charge in [-0.1, -0.05) is 6.07 Å². The summed E-state index contributed by atoms with van der Waals surface area (Å²) in [6.07, 6.45) is 5.31. The molecule has 2 saturated heterocycles. The number of hydrogen-bond acceptors (Lipinski definition) is 5. The van der Waals surface area contributed by atoms with Crippen molar-refractivity contribution in [1.82, 2.24) is 25.4 Å². The first kappa shape index (κ1) is 17.0. The normalized spacial score (nSPS) is 29.0. The topological polar surface area (TPSA) is 94.6 Å². The van der Waals surface area contributed by atoms with Crippen LogP contribution in [0.5, 0.6) is 0 Å². The van der Waals surface area contributed by atoms with E-state index in [0.29, 0.717) is 19.6 Å².